The molecular formula is C12H10N4. The van der Waals surface area contributed by atoms with Crippen molar-refractivity contribution < 1.29 is 0 Å². The molecule has 2 aromatic heterocycles. The number of hydrogen-bond acceptors (Lipinski definition) is 3. The lowest BCUT2D eigenvalue weighted by Crippen LogP contribution is -1.93. The van der Waals surface area contributed by atoms with Crippen LogP contribution in [0, 0.1) is 0 Å². The molecule has 16 heavy (non-hydrogen) atoms. The second kappa shape index (κ2) is 3.34. The lowest BCUT2D eigenvalue weighted by Gasteiger charge is -1.98. The molecule has 4 nitrogen and oxygen atoms in total. The van der Waals surface area contributed by atoms with Gasteiger partial charge in [0.2, 0.25) is 0 Å². The molecule has 0 saturated heterocycles. The summed E-state index contributed by atoms with van der Waals surface area (Å²) in [5.74, 6) is 0.708. The Labute approximate surface area is 92.2 Å². The molecule has 3 N–H and O–H groups in total. The molecule has 0 spiro atoms. The molecule has 4 heteroatoms. The normalized spacial score (nSPS) is 10.8. The van der Waals surface area contributed by atoms with Crippen molar-refractivity contribution in [1.29, 1.82) is 0 Å². The van der Waals surface area contributed by atoms with Crippen LogP contribution in [-0.2, 0) is 0 Å². The number of para-hydroxylation sites is 2. The zero-order valence-electron chi connectivity index (χ0n) is 8.51. The number of H-pyrrole nitrogens is 1. The van der Waals surface area contributed by atoms with E-state index in [1.165, 1.54) is 0 Å². The Morgan fingerprint density at radius 2 is 1.94 bits per heavy atom. The predicted molar refractivity (Wildman–Crippen MR) is 63.7 cm³/mol. The summed E-state index contributed by atoms with van der Waals surface area (Å²) in [6.07, 6.45) is 1.71. The van der Waals surface area contributed by atoms with Gasteiger partial charge in [-0.15, -0.1) is 0 Å². The van der Waals surface area contributed by atoms with Gasteiger partial charge in [0, 0.05) is 6.20 Å². The number of nitrogens with zero attached hydrogens (tertiary/aromatic N) is 2. The Balaban J connectivity index is 2.23. The van der Waals surface area contributed by atoms with E-state index in [0.29, 0.717) is 17.2 Å². The van der Waals surface area contributed by atoms with Crippen molar-refractivity contribution in [2.24, 2.45) is 0 Å². The van der Waals surface area contributed by atoms with Crippen molar-refractivity contribution >= 4 is 16.7 Å². The summed E-state index contributed by atoms with van der Waals surface area (Å²) in [6.45, 7) is 0. The number of hydrogen-bond donors (Lipinski definition) is 2. The van der Waals surface area contributed by atoms with Crippen LogP contribution in [0.3, 0.4) is 0 Å². The molecule has 0 saturated carbocycles. The van der Waals surface area contributed by atoms with Gasteiger partial charge in [-0.1, -0.05) is 12.1 Å². The first-order chi connectivity index (χ1) is 7.84. The fourth-order valence-electron chi connectivity index (χ4n) is 1.68. The average molecular weight is 210 g/mol. The number of aromatic nitrogens is 3. The minimum Gasteiger partial charge on any atom is -0.397 e. The summed E-state index contributed by atoms with van der Waals surface area (Å²) in [7, 11) is 0. The number of nitrogen functional groups attached to an aromatic ring is 1. The molecule has 0 fully saturated rings. The van der Waals surface area contributed by atoms with Gasteiger partial charge in [0.05, 0.1) is 16.7 Å². The summed E-state index contributed by atoms with van der Waals surface area (Å²) in [4.78, 5) is 11.9. The summed E-state index contributed by atoms with van der Waals surface area (Å²) in [5.41, 5.74) is 9.08. The third-order valence-electron chi connectivity index (χ3n) is 2.45. The first-order valence-electron chi connectivity index (χ1n) is 5.00. The van der Waals surface area contributed by atoms with Gasteiger partial charge in [-0.2, -0.15) is 0 Å². The predicted octanol–water partition coefficient (Wildman–Crippen LogP) is 2.21. The van der Waals surface area contributed by atoms with E-state index in [0.717, 1.165) is 11.0 Å². The fourth-order valence-corrected chi connectivity index (χ4v) is 1.68. The lowest BCUT2D eigenvalue weighted by atomic mass is 10.3. The van der Waals surface area contributed by atoms with E-state index in [1.54, 1.807) is 6.20 Å². The van der Waals surface area contributed by atoms with E-state index in [9.17, 15) is 0 Å². The van der Waals surface area contributed by atoms with Crippen LogP contribution in [0.1, 0.15) is 0 Å². The second-order valence-corrected chi connectivity index (χ2v) is 3.54. The first kappa shape index (κ1) is 8.91. The number of pyridine rings is 1. The maximum absolute atomic E-state index is 5.85. The van der Waals surface area contributed by atoms with Crippen LogP contribution in [0.2, 0.25) is 0 Å². The molecule has 0 aliphatic heterocycles. The highest BCUT2D eigenvalue weighted by molar-refractivity contribution is 5.80. The van der Waals surface area contributed by atoms with Gasteiger partial charge >= 0.3 is 0 Å². The molecule has 2 heterocycles. The molecular weight excluding hydrogens is 200 g/mol. The quantitative estimate of drug-likeness (QED) is 0.647. The van der Waals surface area contributed by atoms with Crippen LogP contribution in [0.5, 0.6) is 0 Å². The number of nitrogens with two attached hydrogens (primary N) is 1. The van der Waals surface area contributed by atoms with E-state index in [4.69, 9.17) is 5.73 Å². The van der Waals surface area contributed by atoms with Crippen molar-refractivity contribution in [3.8, 4) is 11.5 Å². The van der Waals surface area contributed by atoms with Crippen molar-refractivity contribution in [2.45, 2.75) is 0 Å². The summed E-state index contributed by atoms with van der Waals surface area (Å²) >= 11 is 0. The van der Waals surface area contributed by atoms with Crippen LogP contribution in [0.15, 0.2) is 42.6 Å². The Morgan fingerprint density at radius 3 is 2.75 bits per heavy atom. The number of aromatic amines is 1. The number of anilines is 1. The highest BCUT2D eigenvalue weighted by Gasteiger charge is 2.08. The van der Waals surface area contributed by atoms with Crippen LogP contribution < -0.4 is 5.73 Å². The van der Waals surface area contributed by atoms with E-state index in [-0.39, 0.29) is 0 Å². The highest BCUT2D eigenvalue weighted by atomic mass is 15.0. The van der Waals surface area contributed by atoms with Crippen molar-refractivity contribution in [3.63, 3.8) is 0 Å². The van der Waals surface area contributed by atoms with Gasteiger partial charge in [0.1, 0.15) is 5.69 Å². The molecule has 3 rings (SSSR count). The molecule has 0 unspecified atom stereocenters. The molecule has 3 aromatic rings. The third-order valence-corrected chi connectivity index (χ3v) is 2.45. The van der Waals surface area contributed by atoms with Crippen molar-refractivity contribution in [1.82, 2.24) is 15.0 Å². The SMILES string of the molecule is Nc1cccnc1-c1nc2ccccc2[nH]1. The largest absolute Gasteiger partial charge is 0.397 e. The van der Waals surface area contributed by atoms with Crippen LogP contribution in [0.25, 0.3) is 22.6 Å². The Hall–Kier alpha value is -2.36. The summed E-state index contributed by atoms with van der Waals surface area (Å²) in [6, 6.07) is 11.5. The summed E-state index contributed by atoms with van der Waals surface area (Å²) in [5, 5.41) is 0. The zero-order chi connectivity index (χ0) is 11.0. The molecule has 0 bridgehead atoms. The maximum atomic E-state index is 5.85. The first-order valence-corrected chi connectivity index (χ1v) is 5.00. The van der Waals surface area contributed by atoms with E-state index in [2.05, 4.69) is 15.0 Å². The Kier molecular flexibility index (Phi) is 1.86. The number of nitrogens with one attached hydrogen (secondary N) is 1. The highest BCUT2D eigenvalue weighted by Crippen LogP contribution is 2.22. The Morgan fingerprint density at radius 1 is 1.06 bits per heavy atom. The number of rotatable bonds is 1. The average Bonchev–Trinajstić information content (AvgIpc) is 2.73. The molecule has 0 atom stereocenters. The maximum Gasteiger partial charge on any atom is 0.159 e. The van der Waals surface area contributed by atoms with Crippen LogP contribution >= 0.6 is 0 Å². The van der Waals surface area contributed by atoms with Crippen LogP contribution in [0.4, 0.5) is 5.69 Å². The van der Waals surface area contributed by atoms with Crippen molar-refractivity contribution in [2.75, 3.05) is 5.73 Å². The van der Waals surface area contributed by atoms with E-state index < -0.39 is 0 Å². The zero-order valence-corrected chi connectivity index (χ0v) is 8.51. The monoisotopic (exact) mass is 210 g/mol. The Bertz CT molecular complexity index is 609. The topological polar surface area (TPSA) is 67.6 Å². The molecule has 78 valence electrons. The number of benzene rings is 1. The van der Waals surface area contributed by atoms with Gasteiger partial charge in [0.15, 0.2) is 5.82 Å². The minimum absolute atomic E-state index is 0.626. The lowest BCUT2D eigenvalue weighted by molar-refractivity contribution is 1.24. The molecule has 0 aliphatic rings. The molecule has 0 amide bonds. The molecule has 1 aromatic carbocycles. The second-order valence-electron chi connectivity index (χ2n) is 3.54. The van der Waals surface area contributed by atoms with Gasteiger partial charge in [-0.25, -0.2) is 4.98 Å². The standard InChI is InChI=1S/C12H10N4/c13-8-4-3-7-14-11(8)12-15-9-5-1-2-6-10(9)16-12/h1-7H,13H2,(H,15,16). The molecule has 0 radical (unpaired) electrons. The van der Waals surface area contributed by atoms with Gasteiger partial charge < -0.3 is 10.7 Å². The summed E-state index contributed by atoms with van der Waals surface area (Å²) < 4.78 is 0. The van der Waals surface area contributed by atoms with Crippen LogP contribution in [-0.4, -0.2) is 15.0 Å². The van der Waals surface area contributed by atoms with Gasteiger partial charge in [-0.05, 0) is 24.3 Å². The van der Waals surface area contributed by atoms with Crippen molar-refractivity contribution in [3.05, 3.63) is 42.6 Å². The molecule has 0 aliphatic carbocycles. The van der Waals surface area contributed by atoms with E-state index >= 15 is 0 Å². The number of fused-ring (bicyclic) bond motifs is 1. The fraction of sp³-hybridized carbons (Fsp3) is 0. The third kappa shape index (κ3) is 1.32. The van der Waals surface area contributed by atoms with E-state index in [1.807, 2.05) is 36.4 Å². The minimum atomic E-state index is 0.626. The van der Waals surface area contributed by atoms with Gasteiger partial charge in [0.25, 0.3) is 0 Å². The van der Waals surface area contributed by atoms with Gasteiger partial charge in [-0.3, -0.25) is 4.98 Å². The number of imidazole rings is 1. The smallest absolute Gasteiger partial charge is 0.159 e.